The fraction of sp³-hybridized carbons (Fsp3) is 0.600. The third-order valence-corrected chi connectivity index (χ3v) is 5.41. The lowest BCUT2D eigenvalue weighted by Gasteiger charge is -2.44. The average Bonchev–Trinajstić information content (AvgIpc) is 2.97. The molecule has 2 aliphatic heterocycles. The highest BCUT2D eigenvalue weighted by molar-refractivity contribution is 7.24. The number of hydrogen-bond donors (Lipinski definition) is 0. The SMILES string of the molecule is CC(=O)OC1C(N2CCCC2=O)c2c(cc[s+]2[O-])OC1(C)C. The zero-order valence-corrected chi connectivity index (χ0v) is 13.6. The number of nitrogens with zero attached hydrogens (tertiary/aromatic N) is 1. The van der Waals surface area contributed by atoms with Gasteiger partial charge in [0.2, 0.25) is 10.8 Å². The Labute approximate surface area is 131 Å². The van der Waals surface area contributed by atoms with Crippen molar-refractivity contribution in [2.75, 3.05) is 6.54 Å². The van der Waals surface area contributed by atoms with Crippen molar-refractivity contribution in [1.82, 2.24) is 4.90 Å². The van der Waals surface area contributed by atoms with E-state index in [0.717, 1.165) is 6.42 Å². The van der Waals surface area contributed by atoms with Gasteiger partial charge < -0.3 is 18.9 Å². The first-order valence-electron chi connectivity index (χ1n) is 7.30. The van der Waals surface area contributed by atoms with Crippen LogP contribution >= 0.6 is 10.8 Å². The number of ether oxygens (including phenoxy) is 2. The lowest BCUT2D eigenvalue weighted by Crippen LogP contribution is -2.55. The molecular formula is C15H19NO5S. The smallest absolute Gasteiger partial charge is 0.303 e. The quantitative estimate of drug-likeness (QED) is 0.615. The Morgan fingerprint density at radius 3 is 2.86 bits per heavy atom. The summed E-state index contributed by atoms with van der Waals surface area (Å²) in [6.45, 7) is 5.53. The Balaban J connectivity index is 2.11. The number of esters is 1. The van der Waals surface area contributed by atoms with Crippen molar-refractivity contribution in [2.45, 2.75) is 51.4 Å². The minimum atomic E-state index is -1.36. The van der Waals surface area contributed by atoms with Crippen molar-refractivity contribution in [3.63, 3.8) is 0 Å². The van der Waals surface area contributed by atoms with Gasteiger partial charge in [0.15, 0.2) is 17.9 Å². The topological polar surface area (TPSA) is 78.9 Å². The Morgan fingerprint density at radius 1 is 1.55 bits per heavy atom. The molecule has 2 aliphatic rings. The van der Waals surface area contributed by atoms with Crippen molar-refractivity contribution in [3.8, 4) is 5.75 Å². The molecule has 0 saturated carbocycles. The van der Waals surface area contributed by atoms with E-state index in [1.807, 2.05) is 13.8 Å². The molecule has 0 bridgehead atoms. The van der Waals surface area contributed by atoms with Gasteiger partial charge in [-0.25, -0.2) is 0 Å². The minimum absolute atomic E-state index is 0.00407. The molecule has 1 aromatic heterocycles. The summed E-state index contributed by atoms with van der Waals surface area (Å²) in [7, 11) is -1.36. The predicted octanol–water partition coefficient (Wildman–Crippen LogP) is 2.18. The van der Waals surface area contributed by atoms with E-state index in [1.54, 1.807) is 16.3 Å². The zero-order valence-electron chi connectivity index (χ0n) is 12.8. The number of fused-ring (bicyclic) bond motifs is 1. The zero-order chi connectivity index (χ0) is 16.1. The van der Waals surface area contributed by atoms with Gasteiger partial charge in [-0.1, -0.05) is 0 Å². The van der Waals surface area contributed by atoms with Crippen LogP contribution in [0.15, 0.2) is 11.4 Å². The van der Waals surface area contributed by atoms with E-state index in [-0.39, 0.29) is 5.91 Å². The number of likely N-dealkylation sites (tertiary alicyclic amines) is 1. The molecule has 22 heavy (non-hydrogen) atoms. The van der Waals surface area contributed by atoms with E-state index in [0.29, 0.717) is 23.6 Å². The lowest BCUT2D eigenvalue weighted by molar-refractivity contribution is -0.171. The molecule has 1 amide bonds. The second kappa shape index (κ2) is 5.24. The van der Waals surface area contributed by atoms with Crippen molar-refractivity contribution in [2.24, 2.45) is 0 Å². The van der Waals surface area contributed by atoms with Gasteiger partial charge in [0, 0.05) is 26.0 Å². The second-order valence-corrected chi connectivity index (χ2v) is 7.51. The van der Waals surface area contributed by atoms with Crippen LogP contribution in [0, 0.1) is 0 Å². The molecule has 1 aromatic rings. The number of hydrogen-bond acceptors (Lipinski definition) is 5. The molecule has 1 saturated heterocycles. The molecule has 3 unspecified atom stereocenters. The maximum absolute atomic E-state index is 12.3. The van der Waals surface area contributed by atoms with Gasteiger partial charge in [-0.15, -0.1) is 0 Å². The lowest BCUT2D eigenvalue weighted by atomic mass is 9.89. The summed E-state index contributed by atoms with van der Waals surface area (Å²) >= 11 is 0. The van der Waals surface area contributed by atoms with E-state index in [4.69, 9.17) is 9.47 Å². The number of amides is 1. The maximum Gasteiger partial charge on any atom is 0.303 e. The second-order valence-electron chi connectivity index (χ2n) is 6.20. The third-order valence-electron chi connectivity index (χ3n) is 4.15. The molecule has 3 heterocycles. The Bertz CT molecular complexity index is 623. The molecule has 7 heteroatoms. The largest absolute Gasteiger partial charge is 0.590 e. The summed E-state index contributed by atoms with van der Waals surface area (Å²) in [5, 5.41) is 1.55. The Kier molecular flexibility index (Phi) is 3.65. The van der Waals surface area contributed by atoms with Gasteiger partial charge in [0.25, 0.3) is 0 Å². The molecular weight excluding hydrogens is 306 g/mol. The first-order valence-corrected chi connectivity index (χ1v) is 8.51. The van der Waals surface area contributed by atoms with Crippen LogP contribution in [-0.2, 0) is 14.3 Å². The standard InChI is InChI=1S/C15H19NO5S/c1-9(17)20-14-12(16-7-4-5-11(16)18)13-10(6-8-22(13)19)21-15(14,2)3/h6,8,12,14H,4-5,7H2,1-3H3. The first-order chi connectivity index (χ1) is 10.3. The molecule has 0 spiro atoms. The molecule has 6 nitrogen and oxygen atoms in total. The molecule has 3 rings (SSSR count). The Hall–Kier alpha value is -1.60. The molecule has 3 atom stereocenters. The van der Waals surface area contributed by atoms with E-state index in [2.05, 4.69) is 0 Å². The number of carbonyl (C=O) groups excluding carboxylic acids is 2. The first kappa shape index (κ1) is 15.3. The highest BCUT2D eigenvalue weighted by Gasteiger charge is 2.54. The van der Waals surface area contributed by atoms with Gasteiger partial charge in [0.05, 0.1) is 0 Å². The molecule has 0 aliphatic carbocycles. The summed E-state index contributed by atoms with van der Waals surface area (Å²) in [6.07, 6.45) is 0.536. The highest BCUT2D eigenvalue weighted by atomic mass is 32.2. The molecule has 0 aromatic carbocycles. The summed E-state index contributed by atoms with van der Waals surface area (Å²) in [6, 6.07) is 1.14. The van der Waals surface area contributed by atoms with Crippen molar-refractivity contribution in [1.29, 1.82) is 0 Å². The molecule has 0 N–H and O–H groups in total. The minimum Gasteiger partial charge on any atom is -0.590 e. The van der Waals surface area contributed by atoms with Gasteiger partial charge in [-0.3, -0.25) is 9.59 Å². The van der Waals surface area contributed by atoms with Crippen molar-refractivity contribution >= 4 is 22.6 Å². The molecule has 0 radical (unpaired) electrons. The Morgan fingerprint density at radius 2 is 2.27 bits per heavy atom. The van der Waals surface area contributed by atoms with Gasteiger partial charge >= 0.3 is 5.97 Å². The average molecular weight is 325 g/mol. The van der Waals surface area contributed by atoms with E-state index in [9.17, 15) is 14.1 Å². The van der Waals surface area contributed by atoms with Crippen LogP contribution in [0.5, 0.6) is 5.75 Å². The van der Waals surface area contributed by atoms with Crippen LogP contribution in [0.25, 0.3) is 0 Å². The predicted molar refractivity (Wildman–Crippen MR) is 79.0 cm³/mol. The van der Waals surface area contributed by atoms with Crippen LogP contribution in [-0.4, -0.2) is 39.6 Å². The fourth-order valence-electron chi connectivity index (χ4n) is 3.24. The molecule has 1 fully saturated rings. The number of carbonyl (C=O) groups is 2. The maximum atomic E-state index is 12.3. The van der Waals surface area contributed by atoms with Crippen LogP contribution in [0.4, 0.5) is 0 Å². The van der Waals surface area contributed by atoms with Crippen LogP contribution in [0.3, 0.4) is 0 Å². The van der Waals surface area contributed by atoms with Crippen molar-refractivity contribution < 1.29 is 23.6 Å². The van der Waals surface area contributed by atoms with Gasteiger partial charge in [-0.05, 0) is 31.0 Å². The summed E-state index contributed by atoms with van der Waals surface area (Å²) in [4.78, 5) is 25.9. The number of thiophene rings is 1. The fourth-order valence-corrected chi connectivity index (χ4v) is 4.43. The van der Waals surface area contributed by atoms with E-state index in [1.165, 1.54) is 6.92 Å². The van der Waals surface area contributed by atoms with Gasteiger partial charge in [-0.2, -0.15) is 0 Å². The molecule has 120 valence electrons. The third kappa shape index (κ3) is 2.38. The van der Waals surface area contributed by atoms with E-state index < -0.39 is 34.5 Å². The summed E-state index contributed by atoms with van der Waals surface area (Å²) in [5.41, 5.74) is -0.809. The summed E-state index contributed by atoms with van der Waals surface area (Å²) < 4.78 is 23.7. The summed E-state index contributed by atoms with van der Waals surface area (Å²) in [5.74, 6) is 0.0751. The monoisotopic (exact) mass is 325 g/mol. The normalized spacial score (nSPS) is 27.4. The van der Waals surface area contributed by atoms with Crippen LogP contribution < -0.4 is 4.74 Å². The van der Waals surface area contributed by atoms with Crippen LogP contribution in [0.2, 0.25) is 0 Å². The van der Waals surface area contributed by atoms with Crippen molar-refractivity contribution in [3.05, 3.63) is 16.3 Å². The van der Waals surface area contributed by atoms with Gasteiger partial charge in [0.1, 0.15) is 11.0 Å². The van der Waals surface area contributed by atoms with Crippen LogP contribution in [0.1, 0.15) is 44.5 Å². The van der Waals surface area contributed by atoms with E-state index >= 15 is 0 Å². The highest BCUT2D eigenvalue weighted by Crippen LogP contribution is 2.50. The number of rotatable bonds is 2.